The van der Waals surface area contributed by atoms with Gasteiger partial charge in [-0.2, -0.15) is 0 Å². The lowest BCUT2D eigenvalue weighted by atomic mass is 9.97. The molecule has 0 aliphatic carbocycles. The maximum absolute atomic E-state index is 2.46. The van der Waals surface area contributed by atoms with Crippen LogP contribution >= 0.6 is 22.7 Å². The SMILES string of the molecule is c1ccc2c(-c3ccc(N(c4ccc(-c5cccc6ccccc56)cc4)c4cccc5sc6ccc7c8ccccc8sc7c6c45)cc3)cccc2c1. The third-order valence-electron chi connectivity index (χ3n) is 10.7. The Labute approximate surface area is 315 Å². The number of thiophene rings is 2. The molecule has 0 saturated carbocycles. The Bertz CT molecular complexity index is 3030. The third kappa shape index (κ3) is 4.89. The molecule has 0 N–H and O–H groups in total. The van der Waals surface area contributed by atoms with Gasteiger partial charge in [0.1, 0.15) is 0 Å². The maximum atomic E-state index is 2.46. The largest absolute Gasteiger partial charge is 0.310 e. The van der Waals surface area contributed by atoms with E-state index < -0.39 is 0 Å². The van der Waals surface area contributed by atoms with Crippen molar-refractivity contribution < 1.29 is 0 Å². The number of hydrogen-bond donors (Lipinski definition) is 0. The van der Waals surface area contributed by atoms with Crippen LogP contribution in [0.15, 0.2) is 188 Å². The fourth-order valence-electron chi connectivity index (χ4n) is 8.21. The highest BCUT2D eigenvalue weighted by Gasteiger charge is 2.21. The van der Waals surface area contributed by atoms with Crippen molar-refractivity contribution in [1.29, 1.82) is 0 Å². The van der Waals surface area contributed by atoms with Gasteiger partial charge >= 0.3 is 0 Å². The highest BCUT2D eigenvalue weighted by molar-refractivity contribution is 7.29. The van der Waals surface area contributed by atoms with E-state index in [1.165, 1.54) is 89.8 Å². The summed E-state index contributed by atoms with van der Waals surface area (Å²) in [6, 6.07) is 69.0. The van der Waals surface area contributed by atoms with Crippen LogP contribution in [0.4, 0.5) is 17.1 Å². The van der Waals surface area contributed by atoms with Crippen molar-refractivity contribution in [1.82, 2.24) is 0 Å². The molecule has 0 unspecified atom stereocenters. The van der Waals surface area contributed by atoms with Crippen molar-refractivity contribution in [3.63, 3.8) is 0 Å². The fourth-order valence-corrected chi connectivity index (χ4v) is 10.7. The van der Waals surface area contributed by atoms with Gasteiger partial charge in [-0.05, 0) is 92.3 Å². The zero-order valence-electron chi connectivity index (χ0n) is 28.7. The summed E-state index contributed by atoms with van der Waals surface area (Å²) < 4.78 is 5.31. The van der Waals surface area contributed by atoms with Crippen LogP contribution in [0.25, 0.3) is 84.1 Å². The van der Waals surface area contributed by atoms with E-state index >= 15 is 0 Å². The van der Waals surface area contributed by atoms with Crippen LogP contribution < -0.4 is 4.90 Å². The molecule has 2 heterocycles. The average molecular weight is 710 g/mol. The lowest BCUT2D eigenvalue weighted by molar-refractivity contribution is 1.30. The van der Waals surface area contributed by atoms with Crippen LogP contribution in [-0.4, -0.2) is 0 Å². The fraction of sp³-hybridized carbons (Fsp3) is 0. The first-order valence-corrected chi connectivity index (χ1v) is 19.6. The predicted molar refractivity (Wildman–Crippen MR) is 233 cm³/mol. The highest BCUT2D eigenvalue weighted by atomic mass is 32.1. The second-order valence-electron chi connectivity index (χ2n) is 13.6. The molecule has 11 rings (SSSR count). The molecule has 53 heavy (non-hydrogen) atoms. The number of fused-ring (bicyclic) bond motifs is 9. The van der Waals surface area contributed by atoms with Crippen LogP contribution in [0, 0.1) is 0 Å². The van der Waals surface area contributed by atoms with Gasteiger partial charge in [0, 0.05) is 51.7 Å². The first-order valence-electron chi connectivity index (χ1n) is 18.0. The standard InChI is InChI=1S/C50H31NS2/c1-3-14-38-32(10-1)12-7-17-40(38)34-22-26-36(27-23-34)51(37-28-24-35(25-29-37)41-18-8-13-33-11-2-4-15-39(33)41)44-19-9-21-46-48(44)49-47(52-46)31-30-43-42-16-5-6-20-45(42)53-50(43)49/h1-31H. The molecular weight excluding hydrogens is 679 g/mol. The summed E-state index contributed by atoms with van der Waals surface area (Å²) >= 11 is 3.80. The molecule has 0 aliphatic rings. The van der Waals surface area contributed by atoms with Crippen molar-refractivity contribution in [2.24, 2.45) is 0 Å². The van der Waals surface area contributed by atoms with Gasteiger partial charge in [-0.25, -0.2) is 0 Å². The Morgan fingerprint density at radius 2 is 0.830 bits per heavy atom. The van der Waals surface area contributed by atoms with Gasteiger partial charge in [0.2, 0.25) is 0 Å². The first-order chi connectivity index (χ1) is 26.3. The van der Waals surface area contributed by atoms with E-state index in [0.717, 1.165) is 11.4 Å². The van der Waals surface area contributed by atoms with E-state index in [2.05, 4.69) is 193 Å². The van der Waals surface area contributed by atoms with Crippen molar-refractivity contribution >= 4 is 102 Å². The zero-order valence-corrected chi connectivity index (χ0v) is 30.3. The van der Waals surface area contributed by atoms with Crippen LogP contribution in [0.1, 0.15) is 0 Å². The minimum absolute atomic E-state index is 1.13. The van der Waals surface area contributed by atoms with Crippen LogP contribution in [0.5, 0.6) is 0 Å². The molecule has 0 fully saturated rings. The molecular formula is C50H31NS2. The Hall–Kier alpha value is -6.26. The second kappa shape index (κ2) is 12.2. The van der Waals surface area contributed by atoms with Crippen LogP contribution in [0.2, 0.25) is 0 Å². The topological polar surface area (TPSA) is 3.24 Å². The summed E-state index contributed by atoms with van der Waals surface area (Å²) in [7, 11) is 0. The van der Waals surface area contributed by atoms with Gasteiger partial charge in [0.05, 0.1) is 5.69 Å². The summed E-state index contributed by atoms with van der Waals surface area (Å²) in [4.78, 5) is 2.46. The predicted octanol–water partition coefficient (Wildman–Crippen LogP) is 15.5. The molecule has 0 spiro atoms. The molecule has 11 aromatic rings. The van der Waals surface area contributed by atoms with Gasteiger partial charge < -0.3 is 4.90 Å². The van der Waals surface area contributed by atoms with Gasteiger partial charge in [0.25, 0.3) is 0 Å². The quantitative estimate of drug-likeness (QED) is 0.172. The van der Waals surface area contributed by atoms with E-state index in [1.807, 2.05) is 22.7 Å². The van der Waals surface area contributed by atoms with E-state index in [-0.39, 0.29) is 0 Å². The van der Waals surface area contributed by atoms with E-state index in [4.69, 9.17) is 0 Å². The monoisotopic (exact) mass is 709 g/mol. The Balaban J connectivity index is 1.13. The van der Waals surface area contributed by atoms with E-state index in [1.54, 1.807) is 0 Å². The van der Waals surface area contributed by atoms with Crippen molar-refractivity contribution in [3.05, 3.63) is 188 Å². The second-order valence-corrected chi connectivity index (χ2v) is 15.8. The molecule has 0 aliphatic heterocycles. The van der Waals surface area contributed by atoms with Gasteiger partial charge in [-0.1, -0.05) is 140 Å². The number of anilines is 3. The minimum atomic E-state index is 1.13. The number of benzene rings is 9. The van der Waals surface area contributed by atoms with Gasteiger partial charge in [-0.3, -0.25) is 0 Å². The minimum Gasteiger partial charge on any atom is -0.310 e. The van der Waals surface area contributed by atoms with Crippen molar-refractivity contribution in [3.8, 4) is 22.3 Å². The number of hydrogen-bond acceptors (Lipinski definition) is 3. The smallest absolute Gasteiger partial charge is 0.0555 e. The normalized spacial score (nSPS) is 11.8. The molecule has 0 bridgehead atoms. The Morgan fingerprint density at radius 1 is 0.321 bits per heavy atom. The van der Waals surface area contributed by atoms with Gasteiger partial charge in [0.15, 0.2) is 0 Å². The molecule has 248 valence electrons. The molecule has 0 atom stereocenters. The third-order valence-corrected chi connectivity index (χ3v) is 13.0. The summed E-state index contributed by atoms with van der Waals surface area (Å²) in [6.45, 7) is 0. The summed E-state index contributed by atoms with van der Waals surface area (Å²) in [5, 5.41) is 10.4. The van der Waals surface area contributed by atoms with E-state index in [0.29, 0.717) is 0 Å². The zero-order chi connectivity index (χ0) is 34.9. The molecule has 9 aromatic carbocycles. The molecule has 1 nitrogen and oxygen atoms in total. The van der Waals surface area contributed by atoms with Crippen LogP contribution in [-0.2, 0) is 0 Å². The average Bonchev–Trinajstić information content (AvgIpc) is 3.80. The Morgan fingerprint density at radius 3 is 1.47 bits per heavy atom. The van der Waals surface area contributed by atoms with Crippen molar-refractivity contribution in [2.45, 2.75) is 0 Å². The van der Waals surface area contributed by atoms with Crippen LogP contribution in [0.3, 0.4) is 0 Å². The summed E-state index contributed by atoms with van der Waals surface area (Å²) in [6.07, 6.45) is 0. The highest BCUT2D eigenvalue weighted by Crippen LogP contribution is 2.49. The lowest BCUT2D eigenvalue weighted by Crippen LogP contribution is -2.10. The summed E-state index contributed by atoms with van der Waals surface area (Å²) in [5.74, 6) is 0. The maximum Gasteiger partial charge on any atom is 0.0555 e. The van der Waals surface area contributed by atoms with E-state index in [9.17, 15) is 0 Å². The molecule has 0 radical (unpaired) electrons. The molecule has 3 heteroatoms. The molecule has 0 saturated heterocycles. The van der Waals surface area contributed by atoms with Crippen molar-refractivity contribution in [2.75, 3.05) is 4.90 Å². The molecule has 2 aromatic heterocycles. The summed E-state index contributed by atoms with van der Waals surface area (Å²) in [5.41, 5.74) is 8.36. The van der Waals surface area contributed by atoms with Gasteiger partial charge in [-0.15, -0.1) is 22.7 Å². The molecule has 0 amide bonds. The Kier molecular flexibility index (Phi) is 6.97. The number of rotatable bonds is 5. The lowest BCUT2D eigenvalue weighted by Gasteiger charge is -2.27. The first kappa shape index (κ1) is 30.4. The number of nitrogens with zero attached hydrogens (tertiary/aromatic N) is 1.